The molecule has 18 heavy (non-hydrogen) atoms. The Morgan fingerprint density at radius 1 is 0.611 bits per heavy atom. The maximum absolute atomic E-state index is 7.50. The molecule has 4 heteroatoms. The van der Waals surface area contributed by atoms with Gasteiger partial charge in [0.25, 0.3) is 0 Å². The van der Waals surface area contributed by atoms with Crippen LogP contribution in [0, 0.1) is 32.4 Å². The normalized spacial score (nSPS) is 7.89. The molecule has 0 bridgehead atoms. The van der Waals surface area contributed by atoms with Crippen molar-refractivity contribution in [2.24, 2.45) is 0 Å². The quantitative estimate of drug-likeness (QED) is 0.467. The van der Waals surface area contributed by atoms with Crippen molar-refractivity contribution >= 4 is 0 Å². The summed E-state index contributed by atoms with van der Waals surface area (Å²) >= 11 is 0. The molecule has 0 heterocycles. The third-order valence-corrected chi connectivity index (χ3v) is 1.16. The molecule has 1 aliphatic rings. The van der Waals surface area contributed by atoms with Gasteiger partial charge in [-0.3, -0.25) is 0 Å². The Morgan fingerprint density at radius 3 is 1.11 bits per heavy atom. The van der Waals surface area contributed by atoms with E-state index in [1.807, 2.05) is 61.1 Å². The second-order valence-electron chi connectivity index (χ2n) is 2.04. The fourth-order valence-electron chi connectivity index (χ4n) is 0.663. The van der Waals surface area contributed by atoms with E-state index in [0.29, 0.717) is 0 Å². The van der Waals surface area contributed by atoms with E-state index in [9.17, 15) is 0 Å². The Balaban J connectivity index is -0.0000000750. The van der Waals surface area contributed by atoms with Crippen LogP contribution in [0.2, 0.25) is 0 Å². The largest absolute Gasteiger partial charge is 0.184 e. The summed E-state index contributed by atoms with van der Waals surface area (Å²) in [6.45, 7) is 13.5. The molecule has 0 atom stereocenters. The summed E-state index contributed by atoms with van der Waals surface area (Å²) in [5, 5.41) is 0. The summed E-state index contributed by atoms with van der Waals surface area (Å²) in [4.78, 5) is 0. The van der Waals surface area contributed by atoms with Gasteiger partial charge in [-0.05, 0) is 0 Å². The predicted octanol–water partition coefficient (Wildman–Crippen LogP) is 2.69. The van der Waals surface area contributed by atoms with Gasteiger partial charge >= 0.3 is 33.9 Å². The summed E-state index contributed by atoms with van der Waals surface area (Å²) < 4.78 is 22.5. The average molecular weight is 410 g/mol. The van der Waals surface area contributed by atoms with Crippen molar-refractivity contribution < 1.29 is 35.0 Å². The molecule has 0 aromatic heterocycles. The van der Waals surface area contributed by atoms with E-state index < -0.39 is 0 Å². The van der Waals surface area contributed by atoms with E-state index in [1.54, 1.807) is 0 Å². The van der Waals surface area contributed by atoms with Crippen LogP contribution in [0.4, 0.5) is 0 Å². The van der Waals surface area contributed by atoms with Crippen molar-refractivity contribution in [2.75, 3.05) is 0 Å². The van der Waals surface area contributed by atoms with Crippen LogP contribution in [0.25, 0.3) is 0 Å². The molecule has 91 valence electrons. The molecule has 0 saturated heterocycles. The van der Waals surface area contributed by atoms with Crippen LogP contribution >= 0.6 is 0 Å². The van der Waals surface area contributed by atoms with E-state index in [2.05, 4.69) is 26.0 Å². The van der Waals surface area contributed by atoms with Crippen LogP contribution in [0.5, 0.6) is 0 Å². The SMILES string of the molecule is [C-]#[O+].[C-]#[O+].[C-]#[O+].[CH]1C=CC=C1.[W].[c-]1ccccc1. The van der Waals surface area contributed by atoms with E-state index in [1.165, 1.54) is 0 Å². The van der Waals surface area contributed by atoms with Gasteiger partial charge in [-0.1, -0.05) is 24.3 Å². The minimum Gasteiger partial charge on any atom is -0.184 e. The third-order valence-electron chi connectivity index (χ3n) is 1.16. The summed E-state index contributed by atoms with van der Waals surface area (Å²) in [5.74, 6) is 0. The molecular formula is C14H10O3W-. The molecule has 0 N–H and O–H groups in total. The Morgan fingerprint density at radius 2 is 1.00 bits per heavy atom. The molecule has 0 spiro atoms. The molecule has 0 saturated carbocycles. The van der Waals surface area contributed by atoms with Gasteiger partial charge in [0.2, 0.25) is 0 Å². The molecule has 0 fully saturated rings. The average Bonchev–Trinajstić information content (AvgIpc) is 3.07. The number of hydrogen-bond donors (Lipinski definition) is 0. The van der Waals surface area contributed by atoms with Crippen molar-refractivity contribution in [3.8, 4) is 0 Å². The van der Waals surface area contributed by atoms with Crippen LogP contribution in [-0.4, -0.2) is 0 Å². The second kappa shape index (κ2) is 36.1. The summed E-state index contributed by atoms with van der Waals surface area (Å²) in [7, 11) is 0. The Bertz CT molecular complexity index is 286. The number of allylic oxidation sites excluding steroid dienone is 4. The fourth-order valence-corrected chi connectivity index (χ4v) is 0.663. The van der Waals surface area contributed by atoms with E-state index in [0.717, 1.165) is 0 Å². The first-order valence-electron chi connectivity index (χ1n) is 4.19. The van der Waals surface area contributed by atoms with Crippen molar-refractivity contribution in [3.63, 3.8) is 0 Å². The predicted molar refractivity (Wildman–Crippen MR) is 59.6 cm³/mol. The standard InChI is InChI=1S/C6H5.C5H5.3CO.W/c1-2-4-6-5-3-1;1-2-4-5-3-1;3*1-2;/h1-5H;1-5H;;;;/q-1;;;;;. The monoisotopic (exact) mass is 410 g/mol. The maximum atomic E-state index is 7.50. The van der Waals surface area contributed by atoms with Gasteiger partial charge < -0.3 is 0 Å². The minimum absolute atomic E-state index is 0. The Hall–Kier alpha value is -1.39. The molecule has 0 aliphatic heterocycles. The van der Waals surface area contributed by atoms with E-state index in [-0.39, 0.29) is 21.1 Å². The van der Waals surface area contributed by atoms with Crippen LogP contribution in [0.15, 0.2) is 54.6 Å². The van der Waals surface area contributed by atoms with Gasteiger partial charge in [-0.2, -0.15) is 36.4 Å². The van der Waals surface area contributed by atoms with Crippen molar-refractivity contribution in [1.29, 1.82) is 0 Å². The van der Waals surface area contributed by atoms with Crippen LogP contribution in [-0.2, 0) is 35.0 Å². The van der Waals surface area contributed by atoms with Gasteiger partial charge in [-0.25, -0.2) is 0 Å². The van der Waals surface area contributed by atoms with Gasteiger partial charge in [-0.15, -0.1) is 0 Å². The van der Waals surface area contributed by atoms with Crippen LogP contribution in [0.3, 0.4) is 0 Å². The number of rotatable bonds is 0. The van der Waals surface area contributed by atoms with Gasteiger partial charge in [0.15, 0.2) is 0 Å². The van der Waals surface area contributed by atoms with Crippen molar-refractivity contribution in [3.05, 3.63) is 87.1 Å². The third kappa shape index (κ3) is 29.3. The zero-order valence-corrected chi connectivity index (χ0v) is 12.3. The minimum atomic E-state index is 0. The first kappa shape index (κ1) is 25.5. The van der Waals surface area contributed by atoms with Gasteiger partial charge in [0.05, 0.1) is 0 Å². The molecule has 0 amide bonds. The summed E-state index contributed by atoms with van der Waals surface area (Å²) in [6.07, 6.45) is 10.0. The maximum Gasteiger partial charge on any atom is 0.00506 e. The molecular weight excluding hydrogens is 400 g/mol. The first-order chi connectivity index (χ1) is 8.50. The van der Waals surface area contributed by atoms with Crippen molar-refractivity contribution in [1.82, 2.24) is 0 Å². The number of benzene rings is 1. The Kier molecular flexibility index (Phi) is 51.0. The van der Waals surface area contributed by atoms with Gasteiger partial charge in [0.1, 0.15) is 0 Å². The van der Waals surface area contributed by atoms with E-state index in [4.69, 9.17) is 14.0 Å². The zero-order chi connectivity index (χ0) is 13.8. The molecule has 1 aliphatic carbocycles. The molecule has 1 radical (unpaired) electrons. The fraction of sp³-hybridized carbons (Fsp3) is 0. The van der Waals surface area contributed by atoms with Crippen LogP contribution in [0.1, 0.15) is 0 Å². The molecule has 2 rings (SSSR count). The topological polar surface area (TPSA) is 59.7 Å². The summed E-state index contributed by atoms with van der Waals surface area (Å²) in [6, 6.07) is 12.5. The van der Waals surface area contributed by atoms with Crippen LogP contribution < -0.4 is 0 Å². The first-order valence-corrected chi connectivity index (χ1v) is 4.19. The second-order valence-corrected chi connectivity index (χ2v) is 2.04. The molecule has 0 unspecified atom stereocenters. The molecule has 3 nitrogen and oxygen atoms in total. The Labute approximate surface area is 122 Å². The molecule has 1 aromatic carbocycles. The smallest absolute Gasteiger partial charge is 0.00506 e. The van der Waals surface area contributed by atoms with E-state index >= 15 is 0 Å². The summed E-state index contributed by atoms with van der Waals surface area (Å²) in [5.41, 5.74) is 0. The zero-order valence-electron chi connectivity index (χ0n) is 9.41. The molecule has 1 aromatic rings. The van der Waals surface area contributed by atoms with Crippen molar-refractivity contribution in [2.45, 2.75) is 0 Å². The van der Waals surface area contributed by atoms with Gasteiger partial charge in [0, 0.05) is 27.5 Å². The number of hydrogen-bond acceptors (Lipinski definition) is 0.